The molecule has 2 N–H and O–H groups in total. The molecule has 1 aliphatic rings. The Kier molecular flexibility index (Phi) is 2.65. The van der Waals surface area contributed by atoms with Gasteiger partial charge in [-0.05, 0) is 31.4 Å². The van der Waals surface area contributed by atoms with Gasteiger partial charge in [-0.1, -0.05) is 6.07 Å². The fourth-order valence-corrected chi connectivity index (χ4v) is 1.92. The highest BCUT2D eigenvalue weighted by atomic mass is 19.1. The van der Waals surface area contributed by atoms with Crippen LogP contribution in [0.15, 0.2) is 18.2 Å². The molecule has 0 amide bonds. The van der Waals surface area contributed by atoms with Gasteiger partial charge < -0.3 is 10.5 Å². The Morgan fingerprint density at radius 2 is 2.20 bits per heavy atom. The summed E-state index contributed by atoms with van der Waals surface area (Å²) in [4.78, 5) is 0. The molecule has 15 heavy (non-hydrogen) atoms. The first-order valence-corrected chi connectivity index (χ1v) is 5.35. The van der Waals surface area contributed by atoms with Crippen molar-refractivity contribution in [2.75, 3.05) is 13.2 Å². The molecule has 0 spiro atoms. The zero-order valence-electron chi connectivity index (χ0n) is 8.92. The number of benzene rings is 1. The molecular formula is C12H16FNO. The third-order valence-corrected chi connectivity index (χ3v) is 3.07. The van der Waals surface area contributed by atoms with E-state index in [0.717, 1.165) is 18.4 Å². The molecule has 0 bridgehead atoms. The van der Waals surface area contributed by atoms with Crippen LogP contribution in [0.2, 0.25) is 0 Å². The zero-order valence-corrected chi connectivity index (χ0v) is 8.92. The van der Waals surface area contributed by atoms with Crippen LogP contribution >= 0.6 is 0 Å². The van der Waals surface area contributed by atoms with Crippen molar-refractivity contribution in [3.8, 4) is 5.75 Å². The summed E-state index contributed by atoms with van der Waals surface area (Å²) in [6.45, 7) is 2.97. The number of rotatable bonds is 4. The molecule has 1 aromatic rings. The average molecular weight is 209 g/mol. The van der Waals surface area contributed by atoms with E-state index in [-0.39, 0.29) is 11.2 Å². The highest BCUT2D eigenvalue weighted by Gasteiger charge is 2.44. The molecule has 1 saturated carbocycles. The van der Waals surface area contributed by atoms with Crippen LogP contribution in [0.5, 0.6) is 5.75 Å². The second-order valence-electron chi connectivity index (χ2n) is 4.06. The second kappa shape index (κ2) is 3.81. The highest BCUT2D eigenvalue weighted by molar-refractivity contribution is 5.37. The number of hydrogen-bond acceptors (Lipinski definition) is 2. The minimum Gasteiger partial charge on any atom is -0.494 e. The summed E-state index contributed by atoms with van der Waals surface area (Å²) in [6.07, 6.45) is 1.99. The summed E-state index contributed by atoms with van der Waals surface area (Å²) >= 11 is 0. The quantitative estimate of drug-likeness (QED) is 0.825. The van der Waals surface area contributed by atoms with Gasteiger partial charge in [-0.25, -0.2) is 4.39 Å². The summed E-state index contributed by atoms with van der Waals surface area (Å²) in [7, 11) is 0. The van der Waals surface area contributed by atoms with Crippen LogP contribution in [-0.4, -0.2) is 13.2 Å². The van der Waals surface area contributed by atoms with Crippen molar-refractivity contribution in [3.05, 3.63) is 29.6 Å². The van der Waals surface area contributed by atoms with Crippen LogP contribution in [-0.2, 0) is 5.41 Å². The predicted octanol–water partition coefficient (Wildman–Crippen LogP) is 2.21. The number of halogens is 1. The molecule has 0 atom stereocenters. The summed E-state index contributed by atoms with van der Waals surface area (Å²) in [6, 6.07) is 5.08. The standard InChI is InChI=1S/C12H16FNO/c1-2-15-9-3-4-10(11(13)7-9)12(8-14)5-6-12/h3-4,7H,2,5-6,8,14H2,1H3. The van der Waals surface area contributed by atoms with Gasteiger partial charge in [0.05, 0.1) is 6.61 Å². The molecule has 0 heterocycles. The van der Waals surface area contributed by atoms with Crippen molar-refractivity contribution in [1.29, 1.82) is 0 Å². The minimum absolute atomic E-state index is 0.0885. The van der Waals surface area contributed by atoms with Crippen LogP contribution < -0.4 is 10.5 Å². The fourth-order valence-electron chi connectivity index (χ4n) is 1.92. The lowest BCUT2D eigenvalue weighted by Crippen LogP contribution is -2.21. The minimum atomic E-state index is -0.191. The molecule has 2 nitrogen and oxygen atoms in total. The van der Waals surface area contributed by atoms with Gasteiger partial charge in [-0.15, -0.1) is 0 Å². The Morgan fingerprint density at radius 1 is 1.47 bits per heavy atom. The van der Waals surface area contributed by atoms with E-state index in [9.17, 15) is 4.39 Å². The van der Waals surface area contributed by atoms with E-state index < -0.39 is 0 Å². The lowest BCUT2D eigenvalue weighted by molar-refractivity contribution is 0.337. The summed E-state index contributed by atoms with van der Waals surface area (Å²) < 4.78 is 19.0. The third kappa shape index (κ3) is 1.84. The first kappa shape index (κ1) is 10.4. The maximum Gasteiger partial charge on any atom is 0.130 e. The highest BCUT2D eigenvalue weighted by Crippen LogP contribution is 2.48. The van der Waals surface area contributed by atoms with E-state index >= 15 is 0 Å². The van der Waals surface area contributed by atoms with Crippen LogP contribution in [0.1, 0.15) is 25.3 Å². The Balaban J connectivity index is 2.27. The van der Waals surface area contributed by atoms with E-state index in [1.165, 1.54) is 6.07 Å². The van der Waals surface area contributed by atoms with Crippen molar-refractivity contribution in [1.82, 2.24) is 0 Å². The van der Waals surface area contributed by atoms with Gasteiger partial charge in [0.15, 0.2) is 0 Å². The van der Waals surface area contributed by atoms with E-state index in [2.05, 4.69) is 0 Å². The van der Waals surface area contributed by atoms with Crippen molar-refractivity contribution in [2.45, 2.75) is 25.2 Å². The fraction of sp³-hybridized carbons (Fsp3) is 0.500. The summed E-state index contributed by atoms with van der Waals surface area (Å²) in [5.41, 5.74) is 6.32. The van der Waals surface area contributed by atoms with Gasteiger partial charge in [0.25, 0.3) is 0 Å². The van der Waals surface area contributed by atoms with Crippen LogP contribution in [0.3, 0.4) is 0 Å². The smallest absolute Gasteiger partial charge is 0.130 e. The first-order valence-electron chi connectivity index (χ1n) is 5.35. The van der Waals surface area contributed by atoms with Gasteiger partial charge in [0.2, 0.25) is 0 Å². The van der Waals surface area contributed by atoms with Crippen molar-refractivity contribution < 1.29 is 9.13 Å². The van der Waals surface area contributed by atoms with Gasteiger partial charge in [0, 0.05) is 18.0 Å². The maximum absolute atomic E-state index is 13.8. The Labute approximate surface area is 89.2 Å². The second-order valence-corrected chi connectivity index (χ2v) is 4.06. The molecule has 3 heteroatoms. The van der Waals surface area contributed by atoms with Crippen molar-refractivity contribution in [2.24, 2.45) is 5.73 Å². The summed E-state index contributed by atoms with van der Waals surface area (Å²) in [5.74, 6) is 0.399. The van der Waals surface area contributed by atoms with E-state index in [1.54, 1.807) is 6.07 Å². The molecule has 1 aromatic carbocycles. The normalized spacial score (nSPS) is 17.5. The SMILES string of the molecule is CCOc1ccc(C2(CN)CC2)c(F)c1. The molecule has 1 fully saturated rings. The monoisotopic (exact) mass is 209 g/mol. The van der Waals surface area contributed by atoms with Gasteiger partial charge in [-0.3, -0.25) is 0 Å². The molecule has 0 saturated heterocycles. The van der Waals surface area contributed by atoms with Crippen LogP contribution in [0.4, 0.5) is 4.39 Å². The number of ether oxygens (including phenoxy) is 1. The van der Waals surface area contributed by atoms with Gasteiger partial charge in [0.1, 0.15) is 11.6 Å². The van der Waals surface area contributed by atoms with Gasteiger partial charge in [-0.2, -0.15) is 0 Å². The topological polar surface area (TPSA) is 35.2 Å². The van der Waals surface area contributed by atoms with Crippen molar-refractivity contribution in [3.63, 3.8) is 0 Å². The Bertz CT molecular complexity index is 361. The van der Waals surface area contributed by atoms with E-state index in [1.807, 2.05) is 13.0 Å². The molecule has 0 unspecified atom stereocenters. The lowest BCUT2D eigenvalue weighted by Gasteiger charge is -2.14. The molecule has 1 aliphatic carbocycles. The predicted molar refractivity (Wildman–Crippen MR) is 57.5 cm³/mol. The zero-order chi connectivity index (χ0) is 10.9. The Hall–Kier alpha value is -1.09. The summed E-state index contributed by atoms with van der Waals surface area (Å²) in [5, 5.41) is 0. The van der Waals surface area contributed by atoms with Gasteiger partial charge >= 0.3 is 0 Å². The number of hydrogen-bond donors (Lipinski definition) is 1. The largest absolute Gasteiger partial charge is 0.494 e. The average Bonchev–Trinajstić information content (AvgIpc) is 2.99. The molecule has 2 rings (SSSR count). The molecule has 0 radical (unpaired) electrons. The van der Waals surface area contributed by atoms with Crippen LogP contribution in [0, 0.1) is 5.82 Å². The van der Waals surface area contributed by atoms with E-state index in [0.29, 0.717) is 18.9 Å². The third-order valence-electron chi connectivity index (χ3n) is 3.07. The van der Waals surface area contributed by atoms with Crippen LogP contribution in [0.25, 0.3) is 0 Å². The molecule has 0 aliphatic heterocycles. The maximum atomic E-state index is 13.8. The lowest BCUT2D eigenvalue weighted by atomic mass is 9.95. The first-order chi connectivity index (χ1) is 7.22. The molecular weight excluding hydrogens is 193 g/mol. The number of nitrogens with two attached hydrogens (primary N) is 1. The Morgan fingerprint density at radius 3 is 2.67 bits per heavy atom. The van der Waals surface area contributed by atoms with E-state index in [4.69, 9.17) is 10.5 Å². The molecule has 0 aromatic heterocycles. The van der Waals surface area contributed by atoms with Crippen molar-refractivity contribution >= 4 is 0 Å². The molecule has 82 valence electrons.